The van der Waals surface area contributed by atoms with Crippen molar-refractivity contribution in [3.63, 3.8) is 0 Å². The molecule has 2 aromatic carbocycles. The number of hydrogen-bond acceptors (Lipinski definition) is 4. The second kappa shape index (κ2) is 9.68. The summed E-state index contributed by atoms with van der Waals surface area (Å²) in [7, 11) is -4.81. The summed E-state index contributed by atoms with van der Waals surface area (Å²) in [5.74, 6) is -0.830. The van der Waals surface area contributed by atoms with E-state index in [4.69, 9.17) is 0 Å². The molecule has 0 atom stereocenters. The quantitative estimate of drug-likeness (QED) is 0.312. The SMILES string of the molecule is O=C(c1ccc(F)cc1)c1ccc(P(=O)([O-])[O-])cc1.[K+].[K+]. The first kappa shape index (κ1) is 22.5. The average Bonchev–Trinajstić information content (AvgIpc) is 2.38. The minimum Gasteiger partial charge on any atom is -0.807 e. The summed E-state index contributed by atoms with van der Waals surface area (Å²) in [6.07, 6.45) is 0. The van der Waals surface area contributed by atoms with Gasteiger partial charge >= 0.3 is 103 Å². The summed E-state index contributed by atoms with van der Waals surface area (Å²) in [6, 6.07) is 9.65. The molecule has 0 fully saturated rings. The van der Waals surface area contributed by atoms with Crippen molar-refractivity contribution in [2.75, 3.05) is 0 Å². The predicted octanol–water partition coefficient (Wildman–Crippen LogP) is -5.40. The number of ketones is 1. The summed E-state index contributed by atoms with van der Waals surface area (Å²) in [5, 5.41) is -0.372. The maximum absolute atomic E-state index is 12.7. The first-order valence-electron chi connectivity index (χ1n) is 5.31. The van der Waals surface area contributed by atoms with Crippen molar-refractivity contribution in [1.82, 2.24) is 0 Å². The van der Waals surface area contributed by atoms with Crippen LogP contribution < -0.4 is 118 Å². The Morgan fingerprint density at radius 1 is 0.857 bits per heavy atom. The molecule has 8 heteroatoms. The van der Waals surface area contributed by atoms with Crippen LogP contribution in [0.15, 0.2) is 48.5 Å². The standard InChI is InChI=1S/C13H10FO4P.2K/c14-11-5-1-9(2-6-11)13(15)10-3-7-12(8-4-10)19(16,17)18;;/h1-8H,(H2,16,17,18);;/q;2*+1/p-2. The van der Waals surface area contributed by atoms with E-state index < -0.39 is 13.4 Å². The molecule has 0 N–H and O–H groups in total. The van der Waals surface area contributed by atoms with Crippen LogP contribution in [0.2, 0.25) is 0 Å². The Morgan fingerprint density at radius 3 is 1.62 bits per heavy atom. The van der Waals surface area contributed by atoms with Crippen LogP contribution in [0, 0.1) is 5.82 Å². The van der Waals surface area contributed by atoms with E-state index >= 15 is 0 Å². The van der Waals surface area contributed by atoms with Crippen LogP contribution >= 0.6 is 7.60 Å². The third-order valence-corrected chi connectivity index (χ3v) is 3.48. The molecule has 98 valence electrons. The van der Waals surface area contributed by atoms with E-state index in [-0.39, 0.29) is 125 Å². The third-order valence-electron chi connectivity index (χ3n) is 2.55. The fourth-order valence-corrected chi connectivity index (χ4v) is 2.08. The summed E-state index contributed by atoms with van der Waals surface area (Å²) in [5.41, 5.74) is 0.505. The van der Waals surface area contributed by atoms with E-state index in [0.29, 0.717) is 0 Å². The average molecular weight is 356 g/mol. The molecule has 0 saturated heterocycles. The van der Waals surface area contributed by atoms with Gasteiger partial charge in [0, 0.05) is 11.1 Å². The molecule has 0 saturated carbocycles. The zero-order valence-electron chi connectivity index (χ0n) is 11.6. The Balaban J connectivity index is 0.00000200. The fourth-order valence-electron chi connectivity index (χ4n) is 1.56. The Bertz CT molecular complexity index is 653. The van der Waals surface area contributed by atoms with Crippen molar-refractivity contribution in [3.8, 4) is 0 Å². The van der Waals surface area contributed by atoms with Gasteiger partial charge in [0.2, 0.25) is 0 Å². The van der Waals surface area contributed by atoms with Crippen LogP contribution in [0.4, 0.5) is 4.39 Å². The summed E-state index contributed by atoms with van der Waals surface area (Å²) in [6.45, 7) is 0. The maximum atomic E-state index is 12.7. The molecule has 0 spiro atoms. The van der Waals surface area contributed by atoms with Gasteiger partial charge in [-0.3, -0.25) is 4.79 Å². The summed E-state index contributed by atoms with van der Waals surface area (Å²) in [4.78, 5) is 33.5. The van der Waals surface area contributed by atoms with E-state index in [9.17, 15) is 23.5 Å². The molecule has 0 bridgehead atoms. The number of rotatable bonds is 3. The van der Waals surface area contributed by atoms with Gasteiger partial charge in [-0.15, -0.1) is 0 Å². The molecule has 4 nitrogen and oxygen atoms in total. The van der Waals surface area contributed by atoms with Gasteiger partial charge in [0.15, 0.2) is 5.78 Å². The summed E-state index contributed by atoms with van der Waals surface area (Å²) >= 11 is 0. The van der Waals surface area contributed by atoms with Crippen LogP contribution in [0.1, 0.15) is 15.9 Å². The van der Waals surface area contributed by atoms with Gasteiger partial charge in [0.1, 0.15) is 5.82 Å². The van der Waals surface area contributed by atoms with Gasteiger partial charge in [0.05, 0.1) is 0 Å². The Morgan fingerprint density at radius 2 is 1.24 bits per heavy atom. The van der Waals surface area contributed by atoms with Gasteiger partial charge < -0.3 is 14.4 Å². The molecular formula is C13H8FK2O4P. The maximum Gasteiger partial charge on any atom is 1.00 e. The first-order valence-corrected chi connectivity index (χ1v) is 6.85. The molecule has 0 aliphatic rings. The van der Waals surface area contributed by atoms with Gasteiger partial charge in [0.25, 0.3) is 0 Å². The zero-order chi connectivity index (χ0) is 14.0. The molecule has 0 unspecified atom stereocenters. The fraction of sp³-hybridized carbons (Fsp3) is 0. The van der Waals surface area contributed by atoms with Crippen LogP contribution in [0.5, 0.6) is 0 Å². The normalized spacial score (nSPS) is 10.2. The molecule has 21 heavy (non-hydrogen) atoms. The smallest absolute Gasteiger partial charge is 0.807 e. The van der Waals surface area contributed by atoms with E-state index in [1.54, 1.807) is 0 Å². The summed E-state index contributed by atoms with van der Waals surface area (Å²) < 4.78 is 23.5. The molecular weight excluding hydrogens is 348 g/mol. The van der Waals surface area contributed by atoms with Gasteiger partial charge in [-0.1, -0.05) is 24.3 Å². The Hall–Kier alpha value is 1.46. The van der Waals surface area contributed by atoms with Gasteiger partial charge in [-0.05, 0) is 37.2 Å². The monoisotopic (exact) mass is 356 g/mol. The number of carbonyl (C=O) groups excluding carboxylic acids is 1. The third kappa shape index (κ3) is 6.46. The molecule has 0 radical (unpaired) electrons. The second-order valence-electron chi connectivity index (χ2n) is 3.88. The van der Waals surface area contributed by atoms with E-state index in [1.165, 1.54) is 24.3 Å². The van der Waals surface area contributed by atoms with Crippen molar-refractivity contribution in [3.05, 3.63) is 65.5 Å². The molecule has 0 aliphatic carbocycles. The zero-order valence-corrected chi connectivity index (χ0v) is 18.7. The van der Waals surface area contributed by atoms with Crippen molar-refractivity contribution >= 4 is 18.7 Å². The van der Waals surface area contributed by atoms with Crippen LogP contribution in [0.3, 0.4) is 0 Å². The number of carbonyl (C=O) groups is 1. The van der Waals surface area contributed by atoms with Crippen LogP contribution in [0.25, 0.3) is 0 Å². The Kier molecular flexibility index (Phi) is 10.4. The first-order chi connectivity index (χ1) is 8.88. The van der Waals surface area contributed by atoms with Crippen LogP contribution in [-0.4, -0.2) is 5.78 Å². The largest absolute Gasteiger partial charge is 1.00 e. The van der Waals surface area contributed by atoms with Crippen molar-refractivity contribution < 1.29 is 126 Å². The van der Waals surface area contributed by atoms with E-state index in [0.717, 1.165) is 24.3 Å². The molecule has 0 aliphatic heterocycles. The molecule has 0 amide bonds. The second-order valence-corrected chi connectivity index (χ2v) is 5.39. The van der Waals surface area contributed by atoms with Gasteiger partial charge in [-0.25, -0.2) is 4.39 Å². The number of halogens is 1. The molecule has 2 aromatic rings. The molecule has 0 heterocycles. The Labute approximate surface area is 206 Å². The van der Waals surface area contributed by atoms with Crippen LogP contribution in [-0.2, 0) is 4.57 Å². The number of hydrogen-bond donors (Lipinski definition) is 0. The minimum absolute atomic E-state index is 0. The van der Waals surface area contributed by atoms with Crippen molar-refractivity contribution in [2.45, 2.75) is 0 Å². The number of benzene rings is 2. The van der Waals surface area contributed by atoms with E-state index in [2.05, 4.69) is 0 Å². The predicted molar refractivity (Wildman–Crippen MR) is 63.5 cm³/mol. The van der Waals surface area contributed by atoms with Crippen molar-refractivity contribution in [1.29, 1.82) is 0 Å². The minimum atomic E-state index is -4.81. The van der Waals surface area contributed by atoms with Crippen molar-refractivity contribution in [2.24, 2.45) is 0 Å². The molecule has 2 rings (SSSR count). The van der Waals surface area contributed by atoms with Gasteiger partial charge in [-0.2, -0.15) is 0 Å². The molecule has 0 aromatic heterocycles. The van der Waals surface area contributed by atoms with E-state index in [1.807, 2.05) is 0 Å². The topological polar surface area (TPSA) is 80.3 Å².